The molecule has 220 valence electrons. The lowest BCUT2D eigenvalue weighted by molar-refractivity contribution is -0.139. The summed E-state index contributed by atoms with van der Waals surface area (Å²) in [5.41, 5.74) is 2.11. The molecule has 0 bridgehead atoms. The summed E-state index contributed by atoms with van der Waals surface area (Å²) in [7, 11) is -4.15. The monoisotopic (exact) mass is 643 g/mol. The molecular weight excluding hydrogens is 606 g/mol. The van der Waals surface area contributed by atoms with Crippen LogP contribution in [0.5, 0.6) is 5.75 Å². The summed E-state index contributed by atoms with van der Waals surface area (Å²) in [4.78, 5) is 28.5. The summed E-state index contributed by atoms with van der Waals surface area (Å²) in [5.74, 6) is -0.241. The lowest BCUT2D eigenvalue weighted by Gasteiger charge is -2.32. The number of carbonyl (C=O) groups is 2. The minimum Gasteiger partial charge on any atom is -0.494 e. The lowest BCUT2D eigenvalue weighted by atomic mass is 10.1. The van der Waals surface area contributed by atoms with Crippen LogP contribution in [-0.2, 0) is 26.2 Å². The van der Waals surface area contributed by atoms with E-state index < -0.39 is 28.5 Å². The molecule has 1 atom stereocenters. The molecule has 3 aromatic rings. The van der Waals surface area contributed by atoms with Gasteiger partial charge in [-0.15, -0.1) is 0 Å². The van der Waals surface area contributed by atoms with E-state index in [1.54, 1.807) is 43.3 Å². The molecule has 10 heteroatoms. The third kappa shape index (κ3) is 8.81. The van der Waals surface area contributed by atoms with Crippen LogP contribution in [0.4, 0.5) is 5.69 Å². The van der Waals surface area contributed by atoms with E-state index in [0.29, 0.717) is 24.6 Å². The summed E-state index contributed by atoms with van der Waals surface area (Å²) in [6, 6.07) is 19.7. The topological polar surface area (TPSA) is 96.0 Å². The highest BCUT2D eigenvalue weighted by molar-refractivity contribution is 9.10. The van der Waals surface area contributed by atoms with Crippen molar-refractivity contribution in [3.05, 3.63) is 88.4 Å². The van der Waals surface area contributed by atoms with Crippen LogP contribution in [0.2, 0.25) is 0 Å². The number of ether oxygens (including phenoxy) is 1. The van der Waals surface area contributed by atoms with E-state index >= 15 is 0 Å². The van der Waals surface area contributed by atoms with E-state index in [0.717, 1.165) is 32.7 Å². The molecule has 3 aromatic carbocycles. The summed E-state index contributed by atoms with van der Waals surface area (Å²) in [5, 5.41) is 2.89. The van der Waals surface area contributed by atoms with Crippen molar-refractivity contribution in [1.82, 2.24) is 10.2 Å². The molecule has 0 heterocycles. The van der Waals surface area contributed by atoms with Crippen molar-refractivity contribution in [1.29, 1.82) is 0 Å². The van der Waals surface area contributed by atoms with Gasteiger partial charge in [0.05, 0.1) is 17.2 Å². The highest BCUT2D eigenvalue weighted by atomic mass is 79.9. The number of nitrogens with zero attached hydrogens (tertiary/aromatic N) is 2. The fourth-order valence-electron chi connectivity index (χ4n) is 4.15. The van der Waals surface area contributed by atoms with Gasteiger partial charge in [-0.1, -0.05) is 59.1 Å². The first-order chi connectivity index (χ1) is 19.6. The highest BCUT2D eigenvalue weighted by Gasteiger charge is 2.32. The molecule has 0 fully saturated rings. The van der Waals surface area contributed by atoms with Crippen LogP contribution in [0.3, 0.4) is 0 Å². The van der Waals surface area contributed by atoms with Gasteiger partial charge in [0.1, 0.15) is 18.3 Å². The van der Waals surface area contributed by atoms with Crippen molar-refractivity contribution < 1.29 is 22.7 Å². The number of sulfonamides is 1. The summed E-state index contributed by atoms with van der Waals surface area (Å²) >= 11 is 3.42. The van der Waals surface area contributed by atoms with Gasteiger partial charge >= 0.3 is 0 Å². The Morgan fingerprint density at radius 1 is 0.951 bits per heavy atom. The van der Waals surface area contributed by atoms with Crippen LogP contribution in [0.25, 0.3) is 0 Å². The number of amides is 2. The van der Waals surface area contributed by atoms with Gasteiger partial charge in [0.2, 0.25) is 11.8 Å². The standard InChI is InChI=1S/C31H38BrN3O5S/c1-5-7-20-33-31(37)24(4)34(21-25-10-12-26(32)13-11-25)30(36)22-35(27-14-8-23(3)9-15-27)41(38,39)29-18-16-28(17-19-29)40-6-2/h8-19,24H,5-7,20-22H2,1-4H3,(H,33,37)/t24-/m0/s1. The molecule has 8 nitrogen and oxygen atoms in total. The second-order valence-corrected chi connectivity index (χ2v) is 12.5. The molecule has 3 rings (SSSR count). The number of hydrogen-bond acceptors (Lipinski definition) is 5. The Morgan fingerprint density at radius 3 is 2.17 bits per heavy atom. The number of nitrogens with one attached hydrogen (secondary N) is 1. The van der Waals surface area contributed by atoms with Gasteiger partial charge in [0.25, 0.3) is 10.0 Å². The van der Waals surface area contributed by atoms with Gasteiger partial charge in [-0.3, -0.25) is 13.9 Å². The second-order valence-electron chi connectivity index (χ2n) is 9.72. The van der Waals surface area contributed by atoms with Crippen LogP contribution < -0.4 is 14.4 Å². The first-order valence-electron chi connectivity index (χ1n) is 13.7. The molecule has 0 aliphatic rings. The van der Waals surface area contributed by atoms with Crippen molar-refractivity contribution in [3.8, 4) is 5.75 Å². The molecule has 0 aromatic heterocycles. The summed E-state index contributed by atoms with van der Waals surface area (Å²) < 4.78 is 35.3. The van der Waals surface area contributed by atoms with Gasteiger partial charge in [-0.25, -0.2) is 8.42 Å². The number of aryl methyl sites for hydroxylation is 1. The van der Waals surface area contributed by atoms with Crippen LogP contribution in [-0.4, -0.2) is 50.9 Å². The minimum atomic E-state index is -4.15. The Bertz CT molecular complexity index is 1400. The lowest BCUT2D eigenvalue weighted by Crippen LogP contribution is -2.51. The quantitative estimate of drug-likeness (QED) is 0.228. The van der Waals surface area contributed by atoms with Gasteiger partial charge in [-0.2, -0.15) is 0 Å². The van der Waals surface area contributed by atoms with Gasteiger partial charge in [0, 0.05) is 17.6 Å². The first-order valence-corrected chi connectivity index (χ1v) is 15.9. The van der Waals surface area contributed by atoms with Crippen LogP contribution in [0.1, 0.15) is 44.7 Å². The molecule has 41 heavy (non-hydrogen) atoms. The molecule has 0 spiro atoms. The Balaban J connectivity index is 1.98. The van der Waals surface area contributed by atoms with Crippen molar-refractivity contribution in [2.24, 2.45) is 0 Å². The number of benzene rings is 3. The van der Waals surface area contributed by atoms with E-state index in [1.165, 1.54) is 17.0 Å². The highest BCUT2D eigenvalue weighted by Crippen LogP contribution is 2.26. The number of rotatable bonds is 14. The molecule has 0 unspecified atom stereocenters. The Labute approximate surface area is 251 Å². The molecule has 1 N–H and O–H groups in total. The first kappa shape index (κ1) is 32.1. The second kappa shape index (κ2) is 15.0. The van der Waals surface area contributed by atoms with Gasteiger partial charge in [0.15, 0.2) is 0 Å². The van der Waals surface area contributed by atoms with Crippen LogP contribution in [0, 0.1) is 6.92 Å². The van der Waals surface area contributed by atoms with Crippen molar-refractivity contribution in [3.63, 3.8) is 0 Å². The molecule has 0 aliphatic heterocycles. The fraction of sp³-hybridized carbons (Fsp3) is 0.355. The summed E-state index contributed by atoms with van der Waals surface area (Å²) in [6.07, 6.45) is 1.74. The summed E-state index contributed by atoms with van der Waals surface area (Å²) in [6.45, 7) is 8.05. The SMILES string of the molecule is CCCCNC(=O)[C@H](C)N(Cc1ccc(Br)cc1)C(=O)CN(c1ccc(C)cc1)S(=O)(=O)c1ccc(OCC)cc1. The van der Waals surface area contributed by atoms with Crippen molar-refractivity contribution in [2.45, 2.75) is 58.0 Å². The number of unbranched alkanes of at least 4 members (excludes halogenated alkanes) is 1. The third-order valence-corrected chi connectivity index (χ3v) is 8.90. The number of carbonyl (C=O) groups excluding carboxylic acids is 2. The Hall–Kier alpha value is -3.37. The molecular formula is C31H38BrN3O5S. The van der Waals surface area contributed by atoms with Crippen LogP contribution in [0.15, 0.2) is 82.2 Å². The van der Waals surface area contributed by atoms with Gasteiger partial charge < -0.3 is 15.0 Å². The smallest absolute Gasteiger partial charge is 0.264 e. The average molecular weight is 645 g/mol. The zero-order valence-electron chi connectivity index (χ0n) is 24.0. The number of hydrogen-bond donors (Lipinski definition) is 1. The van der Waals surface area contributed by atoms with Crippen molar-refractivity contribution >= 4 is 43.5 Å². The predicted molar refractivity (Wildman–Crippen MR) is 165 cm³/mol. The molecule has 2 amide bonds. The van der Waals surface area contributed by atoms with E-state index in [-0.39, 0.29) is 17.3 Å². The number of anilines is 1. The zero-order chi connectivity index (χ0) is 30.0. The van der Waals surface area contributed by atoms with E-state index in [1.807, 2.05) is 45.0 Å². The molecule has 0 saturated heterocycles. The Kier molecular flexibility index (Phi) is 11.8. The van der Waals surface area contributed by atoms with Crippen LogP contribution >= 0.6 is 15.9 Å². The van der Waals surface area contributed by atoms with E-state index in [4.69, 9.17) is 4.74 Å². The normalized spacial score (nSPS) is 11.9. The van der Waals surface area contributed by atoms with E-state index in [2.05, 4.69) is 21.2 Å². The third-order valence-electron chi connectivity index (χ3n) is 6.59. The maximum absolute atomic E-state index is 14.0. The van der Waals surface area contributed by atoms with Gasteiger partial charge in [-0.05, 0) is 81.3 Å². The maximum atomic E-state index is 14.0. The average Bonchev–Trinajstić information content (AvgIpc) is 2.96. The number of halogens is 1. The minimum absolute atomic E-state index is 0.0270. The molecule has 0 aliphatic carbocycles. The molecule has 0 saturated carbocycles. The Morgan fingerprint density at radius 2 is 1.59 bits per heavy atom. The van der Waals surface area contributed by atoms with E-state index in [9.17, 15) is 18.0 Å². The largest absolute Gasteiger partial charge is 0.494 e. The van der Waals surface area contributed by atoms with Crippen molar-refractivity contribution in [2.75, 3.05) is 24.0 Å². The maximum Gasteiger partial charge on any atom is 0.264 e. The molecule has 0 radical (unpaired) electrons. The fourth-order valence-corrected chi connectivity index (χ4v) is 5.83. The zero-order valence-corrected chi connectivity index (χ0v) is 26.4. The predicted octanol–water partition coefficient (Wildman–Crippen LogP) is 5.69.